The van der Waals surface area contributed by atoms with E-state index in [0.29, 0.717) is 0 Å². The third kappa shape index (κ3) is 3.80. The van der Waals surface area contributed by atoms with Crippen LogP contribution in [0.5, 0.6) is 0 Å². The summed E-state index contributed by atoms with van der Waals surface area (Å²) < 4.78 is 11.6. The van der Waals surface area contributed by atoms with Crippen molar-refractivity contribution in [3.05, 3.63) is 30.1 Å². The van der Waals surface area contributed by atoms with E-state index < -0.39 is 22.1 Å². The van der Waals surface area contributed by atoms with Crippen molar-refractivity contribution in [2.75, 3.05) is 0 Å². The number of carbonyl (C=O) groups excluding carboxylic acids is 1. The van der Waals surface area contributed by atoms with Gasteiger partial charge in [-0.05, 0) is 26.0 Å². The molecule has 7 heteroatoms. The molecule has 0 fully saturated rings. The van der Waals surface area contributed by atoms with Crippen LogP contribution in [0, 0.1) is 0 Å². The number of amides is 1. The highest BCUT2D eigenvalue weighted by atomic mass is 35.5. The Labute approximate surface area is 114 Å². The van der Waals surface area contributed by atoms with Crippen molar-refractivity contribution in [3.8, 4) is 0 Å². The molecule has 1 heterocycles. The SMILES string of the molecule is CC(C)(O)[C@@H](F)C(Cl)(Cl)NC(=O)c1cccnc1. The van der Waals surface area contributed by atoms with Gasteiger partial charge in [0.25, 0.3) is 5.91 Å². The fourth-order valence-corrected chi connectivity index (χ4v) is 1.93. The van der Waals surface area contributed by atoms with E-state index in [1.54, 1.807) is 6.07 Å². The average Bonchev–Trinajstić information content (AvgIpc) is 2.27. The maximum Gasteiger partial charge on any atom is 0.255 e. The van der Waals surface area contributed by atoms with Gasteiger partial charge in [0, 0.05) is 12.4 Å². The van der Waals surface area contributed by atoms with E-state index in [1.807, 2.05) is 0 Å². The van der Waals surface area contributed by atoms with E-state index in [0.717, 1.165) is 0 Å². The standard InChI is InChI=1S/C11H13Cl2FN2O2/c1-10(2,18)9(14)11(12,13)16-8(17)7-4-3-5-15-6-7/h3-6,9,18H,1-2H3,(H,16,17)/t9-/m1/s1. The van der Waals surface area contributed by atoms with Gasteiger partial charge in [-0.2, -0.15) is 0 Å². The van der Waals surface area contributed by atoms with Gasteiger partial charge in [-0.15, -0.1) is 0 Å². The maximum absolute atomic E-state index is 13.8. The largest absolute Gasteiger partial charge is 0.387 e. The molecule has 100 valence electrons. The van der Waals surface area contributed by atoms with Crippen LogP contribution in [0.3, 0.4) is 0 Å². The molecule has 1 aromatic heterocycles. The summed E-state index contributed by atoms with van der Waals surface area (Å²) >= 11 is 11.4. The second kappa shape index (κ2) is 5.38. The van der Waals surface area contributed by atoms with Crippen LogP contribution >= 0.6 is 23.2 Å². The van der Waals surface area contributed by atoms with Crippen LogP contribution in [0.1, 0.15) is 24.2 Å². The van der Waals surface area contributed by atoms with Gasteiger partial charge in [0.15, 0.2) is 6.17 Å². The quantitative estimate of drug-likeness (QED) is 0.660. The van der Waals surface area contributed by atoms with Crippen LogP contribution in [-0.2, 0) is 0 Å². The highest BCUT2D eigenvalue weighted by Crippen LogP contribution is 2.32. The van der Waals surface area contributed by atoms with Gasteiger partial charge in [0.2, 0.25) is 4.46 Å². The number of rotatable bonds is 4. The predicted octanol–water partition coefficient (Wildman–Crippen LogP) is 2.05. The third-order valence-corrected chi connectivity index (χ3v) is 2.71. The number of hydrogen-bond acceptors (Lipinski definition) is 3. The highest BCUT2D eigenvalue weighted by molar-refractivity contribution is 6.49. The van der Waals surface area contributed by atoms with Crippen molar-refractivity contribution in [1.29, 1.82) is 0 Å². The minimum Gasteiger partial charge on any atom is -0.387 e. The zero-order valence-corrected chi connectivity index (χ0v) is 11.3. The Bertz CT molecular complexity index is 421. The van der Waals surface area contributed by atoms with E-state index >= 15 is 0 Å². The number of hydrogen-bond donors (Lipinski definition) is 2. The molecular formula is C11H13Cl2FN2O2. The summed E-state index contributed by atoms with van der Waals surface area (Å²) in [5, 5.41) is 11.6. The molecule has 0 saturated carbocycles. The minimum atomic E-state index is -2.23. The molecule has 4 nitrogen and oxygen atoms in total. The summed E-state index contributed by atoms with van der Waals surface area (Å²) in [4.78, 5) is 15.5. The van der Waals surface area contributed by atoms with Gasteiger partial charge in [0.1, 0.15) is 0 Å². The molecule has 1 rings (SSSR count). The number of aromatic nitrogens is 1. The minimum absolute atomic E-state index is 0.186. The zero-order valence-electron chi connectivity index (χ0n) is 9.82. The number of alkyl halides is 3. The topological polar surface area (TPSA) is 62.2 Å². The van der Waals surface area contributed by atoms with Crippen molar-refractivity contribution in [3.63, 3.8) is 0 Å². The summed E-state index contributed by atoms with van der Waals surface area (Å²) in [6, 6.07) is 3.02. The fraction of sp³-hybridized carbons (Fsp3) is 0.455. The first-order valence-corrected chi connectivity index (χ1v) is 5.87. The lowest BCUT2D eigenvalue weighted by Gasteiger charge is -2.32. The number of aliphatic hydroxyl groups is 1. The number of nitrogens with zero attached hydrogens (tertiary/aromatic N) is 1. The van der Waals surface area contributed by atoms with E-state index in [2.05, 4.69) is 10.3 Å². The molecule has 1 aromatic rings. The maximum atomic E-state index is 13.8. The van der Waals surface area contributed by atoms with Crippen molar-refractivity contribution < 1.29 is 14.3 Å². The molecule has 1 atom stereocenters. The molecule has 0 spiro atoms. The fourth-order valence-electron chi connectivity index (χ4n) is 1.23. The van der Waals surface area contributed by atoms with Gasteiger partial charge in [-0.1, -0.05) is 23.2 Å². The van der Waals surface area contributed by atoms with E-state index in [1.165, 1.54) is 32.3 Å². The second-order valence-electron chi connectivity index (χ2n) is 4.34. The molecule has 0 radical (unpaired) electrons. The Kier molecular flexibility index (Phi) is 4.53. The molecule has 0 bridgehead atoms. The molecule has 0 aliphatic rings. The molecule has 0 aliphatic heterocycles. The predicted molar refractivity (Wildman–Crippen MR) is 67.3 cm³/mol. The second-order valence-corrected chi connectivity index (χ2v) is 5.72. The summed E-state index contributed by atoms with van der Waals surface area (Å²) in [7, 11) is 0. The van der Waals surface area contributed by atoms with E-state index in [4.69, 9.17) is 23.2 Å². The van der Waals surface area contributed by atoms with Crippen molar-refractivity contribution in [2.24, 2.45) is 0 Å². The molecule has 0 aromatic carbocycles. The molecular weight excluding hydrogens is 282 g/mol. The summed E-state index contributed by atoms with van der Waals surface area (Å²) in [6.07, 6.45) is 0.713. The Morgan fingerprint density at radius 1 is 1.56 bits per heavy atom. The van der Waals surface area contributed by atoms with Crippen molar-refractivity contribution in [1.82, 2.24) is 10.3 Å². The molecule has 0 aliphatic carbocycles. The van der Waals surface area contributed by atoms with Crippen LogP contribution in [0.15, 0.2) is 24.5 Å². The third-order valence-electron chi connectivity index (χ3n) is 2.14. The van der Waals surface area contributed by atoms with Gasteiger partial charge in [-0.25, -0.2) is 4.39 Å². The Balaban J connectivity index is 2.81. The lowest BCUT2D eigenvalue weighted by atomic mass is 10.0. The summed E-state index contributed by atoms with van der Waals surface area (Å²) in [5.41, 5.74) is -1.60. The number of nitrogens with one attached hydrogen (secondary N) is 1. The smallest absolute Gasteiger partial charge is 0.255 e. The Hall–Kier alpha value is -0.910. The van der Waals surface area contributed by atoms with Crippen molar-refractivity contribution in [2.45, 2.75) is 30.1 Å². The average molecular weight is 295 g/mol. The highest BCUT2D eigenvalue weighted by Gasteiger charge is 2.45. The van der Waals surface area contributed by atoms with Gasteiger partial charge >= 0.3 is 0 Å². The van der Waals surface area contributed by atoms with Gasteiger partial charge < -0.3 is 10.4 Å². The van der Waals surface area contributed by atoms with Crippen LogP contribution in [0.2, 0.25) is 0 Å². The van der Waals surface area contributed by atoms with Crippen molar-refractivity contribution >= 4 is 29.1 Å². The molecule has 2 N–H and O–H groups in total. The lowest BCUT2D eigenvalue weighted by molar-refractivity contribution is -0.0140. The van der Waals surface area contributed by atoms with Crippen LogP contribution in [0.4, 0.5) is 4.39 Å². The monoisotopic (exact) mass is 294 g/mol. The number of halogens is 3. The number of carbonyl (C=O) groups is 1. The summed E-state index contributed by atoms with van der Waals surface area (Å²) in [6.45, 7) is 2.40. The van der Waals surface area contributed by atoms with E-state index in [-0.39, 0.29) is 5.56 Å². The van der Waals surface area contributed by atoms with Crippen LogP contribution in [-0.4, -0.2) is 32.2 Å². The Morgan fingerprint density at radius 3 is 2.61 bits per heavy atom. The first-order chi connectivity index (χ1) is 8.14. The number of pyridine rings is 1. The first kappa shape index (κ1) is 15.1. The normalized spacial score (nSPS) is 14.1. The van der Waals surface area contributed by atoms with E-state index in [9.17, 15) is 14.3 Å². The van der Waals surface area contributed by atoms with Gasteiger partial charge in [0.05, 0.1) is 11.2 Å². The molecule has 1 amide bonds. The van der Waals surface area contributed by atoms with Crippen LogP contribution in [0.25, 0.3) is 0 Å². The lowest BCUT2D eigenvalue weighted by Crippen LogP contribution is -2.54. The molecule has 0 unspecified atom stereocenters. The van der Waals surface area contributed by atoms with Gasteiger partial charge in [-0.3, -0.25) is 9.78 Å². The Morgan fingerprint density at radius 2 is 2.17 bits per heavy atom. The summed E-state index contributed by atoms with van der Waals surface area (Å²) in [5.74, 6) is -0.681. The first-order valence-electron chi connectivity index (χ1n) is 5.11. The molecule has 0 saturated heterocycles. The van der Waals surface area contributed by atoms with Crippen LogP contribution < -0.4 is 5.32 Å². The zero-order chi connectivity index (χ0) is 14.0. The molecule has 18 heavy (non-hydrogen) atoms.